The molecule has 0 saturated carbocycles. The number of phenolic OH excluding ortho intramolecular Hbond substituents is 1. The molecule has 27 nitrogen and oxygen atoms in total. The van der Waals surface area contributed by atoms with Crippen molar-refractivity contribution in [2.75, 3.05) is 78.7 Å². The summed E-state index contributed by atoms with van der Waals surface area (Å²) in [6, 6.07) is -0.357. The molecule has 89 heavy (non-hydrogen) atoms. The van der Waals surface area contributed by atoms with Crippen LogP contribution in [0.1, 0.15) is 140 Å². The van der Waals surface area contributed by atoms with Crippen LogP contribution in [0.25, 0.3) is 0 Å². The van der Waals surface area contributed by atoms with E-state index < -0.39 is 77.8 Å². The Morgan fingerprint density at radius 1 is 0.809 bits per heavy atom. The fraction of sp³-hybridized carbons (Fsp3) is 0.639. The van der Waals surface area contributed by atoms with E-state index in [1.54, 1.807) is 18.0 Å². The summed E-state index contributed by atoms with van der Waals surface area (Å²) in [6.07, 6.45) is 5.20. The Morgan fingerprint density at radius 3 is 2.09 bits per heavy atom. The molecule has 9 amide bonds. The molecule has 4 rings (SSSR count). The number of carbonyl (C=O) groups excluding carboxylic acids is 10. The largest absolute Gasteiger partial charge is 0.506 e. The molecule has 0 radical (unpaired) electrons. The molecule has 1 aromatic heterocycles. The number of likely N-dealkylation sites (N-methyl/N-ethyl adjacent to an activating group) is 2. The Labute approximate surface area is 524 Å². The van der Waals surface area contributed by atoms with E-state index in [4.69, 9.17) is 18.9 Å². The van der Waals surface area contributed by atoms with Crippen LogP contribution in [0, 0.1) is 17.8 Å². The first-order valence-corrected chi connectivity index (χ1v) is 31.3. The fourth-order valence-corrected chi connectivity index (χ4v) is 10.8. The van der Waals surface area contributed by atoms with E-state index in [0.29, 0.717) is 24.8 Å². The van der Waals surface area contributed by atoms with Gasteiger partial charge in [-0.3, -0.25) is 62.5 Å². The molecular weight excluding hydrogens is 1180 g/mol. The van der Waals surface area contributed by atoms with Crippen molar-refractivity contribution in [1.29, 1.82) is 0 Å². The maximum Gasteiger partial charge on any atom is 0.306 e. The molecule has 2 aliphatic rings. The average molecular weight is 1270 g/mol. The first kappa shape index (κ1) is 74.1. The van der Waals surface area contributed by atoms with E-state index in [1.165, 1.54) is 57.4 Å². The minimum Gasteiger partial charge on any atom is -0.506 e. The van der Waals surface area contributed by atoms with Crippen molar-refractivity contribution in [3.8, 4) is 5.75 Å². The molecule has 3 heterocycles. The number of rotatable bonds is 39. The van der Waals surface area contributed by atoms with E-state index in [9.17, 15) is 63.0 Å². The second kappa shape index (κ2) is 37.6. The number of hydrogen-bond acceptors (Lipinski definition) is 19. The number of aromatic nitrogens is 1. The summed E-state index contributed by atoms with van der Waals surface area (Å²) >= 11 is 1.07. The molecule has 0 bridgehead atoms. The topological polar surface area (TPSA) is 360 Å². The van der Waals surface area contributed by atoms with Crippen LogP contribution in [0.5, 0.6) is 5.75 Å². The van der Waals surface area contributed by atoms with Gasteiger partial charge in [-0.1, -0.05) is 53.5 Å². The maximum atomic E-state index is 14.4. The summed E-state index contributed by atoms with van der Waals surface area (Å²) in [5, 5.41) is 38.8. The van der Waals surface area contributed by atoms with Gasteiger partial charge in [-0.2, -0.15) is 0 Å². The van der Waals surface area contributed by atoms with Gasteiger partial charge in [-0.25, -0.2) is 4.98 Å². The predicted octanol–water partition coefficient (Wildman–Crippen LogP) is 3.00. The minimum atomic E-state index is -1.15. The van der Waals surface area contributed by atoms with Crippen LogP contribution in [-0.4, -0.2) is 205 Å². The highest BCUT2D eigenvalue weighted by Gasteiger charge is 2.38. The first-order chi connectivity index (χ1) is 42.2. The third-order valence-electron chi connectivity index (χ3n) is 15.4. The summed E-state index contributed by atoms with van der Waals surface area (Å²) in [6.45, 7) is 15.8. The zero-order valence-corrected chi connectivity index (χ0v) is 53.7. The van der Waals surface area contributed by atoms with Gasteiger partial charge >= 0.3 is 11.9 Å². The summed E-state index contributed by atoms with van der Waals surface area (Å²) in [5.74, 6) is -7.32. The molecule has 494 valence electrons. The van der Waals surface area contributed by atoms with Gasteiger partial charge in [0.05, 0.1) is 57.3 Å². The second-order valence-corrected chi connectivity index (χ2v) is 23.8. The number of nitrogens with zero attached hydrogens (tertiary/aromatic N) is 4. The average Bonchev–Trinajstić information content (AvgIpc) is 4.16. The molecule has 8 unspecified atom stereocenters. The van der Waals surface area contributed by atoms with Gasteiger partial charge in [-0.05, 0) is 89.1 Å². The van der Waals surface area contributed by atoms with Crippen molar-refractivity contribution in [2.24, 2.45) is 17.8 Å². The zero-order valence-electron chi connectivity index (χ0n) is 52.9. The maximum absolute atomic E-state index is 14.4. The van der Waals surface area contributed by atoms with Crippen molar-refractivity contribution in [2.45, 2.75) is 162 Å². The molecule has 8 N–H and O–H groups in total. The lowest BCUT2D eigenvalue weighted by molar-refractivity contribution is -0.149. The molecule has 1 saturated heterocycles. The normalized spacial score (nSPS) is 16.9. The standard InChI is InChI=1S/C61H92N10O17S/c1-11-37(4)54(68-58(81)46-15-12-13-23-69(46)9)60(82)70(10)47(36(2)3)34-49(88-41(8)72)59-67-45(35-89-59)57(80)65-43(31-38(5)61(83)84)32-42-17-18-48(73)44(33-42)66-56(79)40(7)64-55(78)39(6)63-51(75)21-25-85-27-29-87-30-28-86-26-22-62-50(74)16-14-24-71-52(76)19-20-53(71)77/h17-20,33,35-40,43,46-47,49,54,73H,11-16,21-32,34H2,1-10H3,(H,62,74)(H,63,75)(H,64,78)(H,65,80)(H,66,79)(H,68,81)(H,83,84)/t37?,38?,39?,40?,43?,46-,47?,49?,54?/m1/s1. The second-order valence-electron chi connectivity index (χ2n) is 22.9. The Kier molecular flexibility index (Phi) is 31.3. The monoisotopic (exact) mass is 1270 g/mol. The number of hydrogen-bond donors (Lipinski definition) is 8. The quantitative estimate of drug-likeness (QED) is 0.0206. The number of amides is 9. The lowest BCUT2D eigenvalue weighted by atomic mass is 9.92. The van der Waals surface area contributed by atoms with Crippen LogP contribution in [0.3, 0.4) is 0 Å². The fourth-order valence-electron chi connectivity index (χ4n) is 9.96. The lowest BCUT2D eigenvalue weighted by Gasteiger charge is -2.38. The molecule has 1 fully saturated rings. The SMILES string of the molecule is CCC(C)C(NC(=O)[C@H]1CCCCN1C)C(=O)N(C)C(CC(OC(C)=O)c1nc(C(=O)NC(Cc2ccc(O)c(NC(=O)C(C)NC(=O)C(C)NC(=O)CCOCCOCCOCCNC(=O)CCCN3C(=O)C=CC3=O)c2)CC(C)C(=O)O)cs1)C(C)C. The highest BCUT2D eigenvalue weighted by atomic mass is 32.1. The van der Waals surface area contributed by atoms with Crippen molar-refractivity contribution >= 4 is 82.1 Å². The summed E-state index contributed by atoms with van der Waals surface area (Å²) < 4.78 is 22.1. The number of nitrogens with one attached hydrogen (secondary N) is 6. The van der Waals surface area contributed by atoms with Crippen molar-refractivity contribution < 1.29 is 81.9 Å². The van der Waals surface area contributed by atoms with Crippen molar-refractivity contribution in [3.63, 3.8) is 0 Å². The van der Waals surface area contributed by atoms with Gasteiger partial charge < -0.3 is 66.0 Å². The number of carboxylic acid groups (broad SMARTS) is 1. The van der Waals surface area contributed by atoms with Crippen molar-refractivity contribution in [3.05, 3.63) is 52.0 Å². The van der Waals surface area contributed by atoms with Crippen LogP contribution in [-0.2, 0) is 73.3 Å². The Balaban J connectivity index is 1.25. The van der Waals surface area contributed by atoms with Crippen LogP contribution in [0.2, 0.25) is 0 Å². The minimum absolute atomic E-state index is 0.0351. The lowest BCUT2D eigenvalue weighted by Crippen LogP contribution is -2.58. The number of phenols is 1. The summed E-state index contributed by atoms with van der Waals surface area (Å²) in [4.78, 5) is 150. The van der Waals surface area contributed by atoms with E-state index in [0.717, 1.165) is 35.6 Å². The summed E-state index contributed by atoms with van der Waals surface area (Å²) in [7, 11) is 3.57. The van der Waals surface area contributed by atoms with Gasteiger partial charge in [0, 0.05) is 75.9 Å². The number of anilines is 1. The number of aromatic hydroxyl groups is 1. The molecular formula is C61H92N10O17S. The Morgan fingerprint density at radius 2 is 1.46 bits per heavy atom. The number of carboxylic acids is 1. The number of likely N-dealkylation sites (tertiary alicyclic amines) is 1. The first-order valence-electron chi connectivity index (χ1n) is 30.4. The Bertz CT molecular complexity index is 2760. The van der Waals surface area contributed by atoms with Crippen LogP contribution in [0.4, 0.5) is 5.69 Å². The third-order valence-corrected chi connectivity index (χ3v) is 16.4. The predicted molar refractivity (Wildman–Crippen MR) is 328 cm³/mol. The van der Waals surface area contributed by atoms with Crippen LogP contribution < -0.4 is 31.9 Å². The number of carbonyl (C=O) groups is 11. The highest BCUT2D eigenvalue weighted by molar-refractivity contribution is 7.09. The molecule has 2 aliphatic heterocycles. The van der Waals surface area contributed by atoms with E-state index >= 15 is 0 Å². The number of ether oxygens (including phenoxy) is 4. The van der Waals surface area contributed by atoms with Gasteiger partial charge in [-0.15, -0.1) is 11.3 Å². The van der Waals surface area contributed by atoms with Gasteiger partial charge in [0.1, 0.15) is 34.6 Å². The van der Waals surface area contributed by atoms with Crippen molar-refractivity contribution in [1.82, 2.24) is 46.3 Å². The molecule has 2 aromatic rings. The number of imide groups is 1. The molecule has 9 atom stereocenters. The smallest absolute Gasteiger partial charge is 0.306 e. The highest BCUT2D eigenvalue weighted by Crippen LogP contribution is 2.32. The van der Waals surface area contributed by atoms with Gasteiger partial charge in [0.25, 0.3) is 17.7 Å². The molecule has 28 heteroatoms. The van der Waals surface area contributed by atoms with Crippen LogP contribution >= 0.6 is 11.3 Å². The van der Waals surface area contributed by atoms with Gasteiger partial charge in [0.2, 0.25) is 35.4 Å². The molecule has 1 aromatic carbocycles. The molecule has 0 spiro atoms. The summed E-state index contributed by atoms with van der Waals surface area (Å²) in [5.41, 5.74) is 0.409. The molecule has 0 aliphatic carbocycles. The number of piperidine rings is 1. The van der Waals surface area contributed by atoms with E-state index in [1.807, 2.05) is 39.6 Å². The number of esters is 1. The van der Waals surface area contributed by atoms with E-state index in [2.05, 4.69) is 36.9 Å². The van der Waals surface area contributed by atoms with E-state index in [-0.39, 0.29) is 154 Å². The zero-order chi connectivity index (χ0) is 65.9. The number of aliphatic carboxylic acids is 1. The third kappa shape index (κ3) is 24.8. The number of benzene rings is 1. The van der Waals surface area contributed by atoms with Crippen LogP contribution in [0.15, 0.2) is 35.7 Å². The Hall–Kier alpha value is -7.40. The number of thiazole rings is 1. The van der Waals surface area contributed by atoms with Gasteiger partial charge in [0.15, 0.2) is 6.10 Å².